The molecule has 1 saturated carbocycles. The van der Waals surface area contributed by atoms with E-state index in [0.717, 1.165) is 12.8 Å². The summed E-state index contributed by atoms with van der Waals surface area (Å²) in [7, 11) is 1.54. The lowest BCUT2D eigenvalue weighted by molar-refractivity contribution is 0.115. The largest absolute Gasteiger partial charge is 0.493 e. The number of hydrogen-bond acceptors (Lipinski definition) is 3. The molecule has 3 nitrogen and oxygen atoms in total. The molecule has 16 heavy (non-hydrogen) atoms. The van der Waals surface area contributed by atoms with Crippen LogP contribution in [0.5, 0.6) is 11.5 Å². The van der Waals surface area contributed by atoms with Gasteiger partial charge in [0.05, 0.1) is 18.8 Å². The molecule has 1 aromatic carbocycles. The highest BCUT2D eigenvalue weighted by Crippen LogP contribution is 2.37. The van der Waals surface area contributed by atoms with Gasteiger partial charge in [0.15, 0.2) is 11.5 Å². The maximum absolute atomic E-state index is 9.02. The summed E-state index contributed by atoms with van der Waals surface area (Å²) in [5.74, 6) is 1.04. The first kappa shape index (κ1) is 11.1. The van der Waals surface area contributed by atoms with E-state index in [2.05, 4.69) is 6.07 Å². The number of rotatable bonds is 3. The molecule has 1 aromatic rings. The molecule has 4 heteroatoms. The number of benzene rings is 1. The van der Waals surface area contributed by atoms with Gasteiger partial charge in [-0.15, -0.1) is 0 Å². The number of halogens is 1. The SMILES string of the molecule is COc1cc(Cl)cc(C#N)c1OC1CCC1. The molecule has 0 atom stereocenters. The summed E-state index contributed by atoms with van der Waals surface area (Å²) in [6.07, 6.45) is 3.47. The van der Waals surface area contributed by atoms with Gasteiger partial charge in [0, 0.05) is 11.1 Å². The quantitative estimate of drug-likeness (QED) is 0.811. The second-order valence-electron chi connectivity index (χ2n) is 3.77. The highest BCUT2D eigenvalue weighted by molar-refractivity contribution is 6.30. The lowest BCUT2D eigenvalue weighted by atomic mass is 9.96. The summed E-state index contributed by atoms with van der Waals surface area (Å²) in [5.41, 5.74) is 0.427. The summed E-state index contributed by atoms with van der Waals surface area (Å²) in [6.45, 7) is 0. The Labute approximate surface area is 99.5 Å². The second-order valence-corrected chi connectivity index (χ2v) is 4.20. The van der Waals surface area contributed by atoms with Gasteiger partial charge in [0.2, 0.25) is 0 Å². The zero-order valence-electron chi connectivity index (χ0n) is 9.00. The molecule has 0 N–H and O–H groups in total. The fourth-order valence-electron chi connectivity index (χ4n) is 1.58. The smallest absolute Gasteiger partial charge is 0.179 e. The summed E-state index contributed by atoms with van der Waals surface area (Å²) in [4.78, 5) is 0. The van der Waals surface area contributed by atoms with Crippen LogP contribution in [0.2, 0.25) is 5.02 Å². The highest BCUT2D eigenvalue weighted by Gasteiger charge is 2.23. The maximum Gasteiger partial charge on any atom is 0.179 e. The molecule has 0 saturated heterocycles. The first-order valence-electron chi connectivity index (χ1n) is 5.19. The molecule has 1 aliphatic carbocycles. The predicted octanol–water partition coefficient (Wildman–Crippen LogP) is 3.15. The van der Waals surface area contributed by atoms with E-state index in [9.17, 15) is 0 Å². The van der Waals surface area contributed by atoms with Crippen molar-refractivity contribution in [2.75, 3.05) is 7.11 Å². The van der Waals surface area contributed by atoms with E-state index in [1.807, 2.05) is 0 Å². The molecular formula is C12H12ClNO2. The van der Waals surface area contributed by atoms with E-state index in [-0.39, 0.29) is 6.10 Å². The molecule has 0 aliphatic heterocycles. The zero-order chi connectivity index (χ0) is 11.5. The Balaban J connectivity index is 2.35. The maximum atomic E-state index is 9.02. The minimum absolute atomic E-state index is 0.210. The average molecular weight is 238 g/mol. The standard InChI is InChI=1S/C12H12ClNO2/c1-15-11-6-9(13)5-8(7-14)12(11)16-10-3-2-4-10/h5-6,10H,2-4H2,1H3. The fraction of sp³-hybridized carbons (Fsp3) is 0.417. The van der Waals surface area contributed by atoms with Gasteiger partial charge in [-0.2, -0.15) is 5.26 Å². The van der Waals surface area contributed by atoms with Crippen molar-refractivity contribution in [1.29, 1.82) is 5.26 Å². The van der Waals surface area contributed by atoms with E-state index in [1.165, 1.54) is 6.42 Å². The van der Waals surface area contributed by atoms with Gasteiger partial charge >= 0.3 is 0 Å². The van der Waals surface area contributed by atoms with Crippen molar-refractivity contribution < 1.29 is 9.47 Å². The number of ether oxygens (including phenoxy) is 2. The molecular weight excluding hydrogens is 226 g/mol. The van der Waals surface area contributed by atoms with E-state index in [1.54, 1.807) is 19.2 Å². The third kappa shape index (κ3) is 2.07. The monoisotopic (exact) mass is 237 g/mol. The predicted molar refractivity (Wildman–Crippen MR) is 61.0 cm³/mol. The Hall–Kier alpha value is -1.40. The van der Waals surface area contributed by atoms with Gasteiger partial charge in [-0.1, -0.05) is 11.6 Å². The van der Waals surface area contributed by atoms with Gasteiger partial charge < -0.3 is 9.47 Å². The van der Waals surface area contributed by atoms with Crippen LogP contribution in [0.3, 0.4) is 0 Å². The number of methoxy groups -OCH3 is 1. The van der Waals surface area contributed by atoms with E-state index in [4.69, 9.17) is 26.3 Å². The van der Waals surface area contributed by atoms with Crippen LogP contribution in [0, 0.1) is 11.3 Å². The van der Waals surface area contributed by atoms with Crippen LogP contribution in [0.25, 0.3) is 0 Å². The Morgan fingerprint density at radius 1 is 1.44 bits per heavy atom. The molecule has 1 aliphatic rings. The van der Waals surface area contributed by atoms with Crippen LogP contribution >= 0.6 is 11.6 Å². The van der Waals surface area contributed by atoms with Gasteiger partial charge in [-0.25, -0.2) is 0 Å². The highest BCUT2D eigenvalue weighted by atomic mass is 35.5. The number of hydrogen-bond donors (Lipinski definition) is 0. The lowest BCUT2D eigenvalue weighted by Crippen LogP contribution is -2.25. The van der Waals surface area contributed by atoms with Gasteiger partial charge in [0.25, 0.3) is 0 Å². The minimum atomic E-state index is 0.210. The van der Waals surface area contributed by atoms with Crippen molar-refractivity contribution in [2.45, 2.75) is 25.4 Å². The Morgan fingerprint density at radius 2 is 2.19 bits per heavy atom. The lowest BCUT2D eigenvalue weighted by Gasteiger charge is -2.27. The topological polar surface area (TPSA) is 42.2 Å². The van der Waals surface area contributed by atoms with Crippen molar-refractivity contribution in [1.82, 2.24) is 0 Å². The number of nitrogens with zero attached hydrogens (tertiary/aromatic N) is 1. The van der Waals surface area contributed by atoms with Crippen molar-refractivity contribution >= 4 is 11.6 Å². The van der Waals surface area contributed by atoms with Crippen molar-refractivity contribution in [3.8, 4) is 17.6 Å². The molecule has 0 radical (unpaired) electrons. The van der Waals surface area contributed by atoms with Crippen molar-refractivity contribution in [3.05, 3.63) is 22.7 Å². The van der Waals surface area contributed by atoms with Crippen LogP contribution in [0.4, 0.5) is 0 Å². The third-order valence-electron chi connectivity index (χ3n) is 2.70. The van der Waals surface area contributed by atoms with E-state index in [0.29, 0.717) is 22.1 Å². The molecule has 0 spiro atoms. The van der Waals surface area contributed by atoms with Gasteiger partial charge in [0.1, 0.15) is 6.07 Å². The van der Waals surface area contributed by atoms with Crippen LogP contribution < -0.4 is 9.47 Å². The second kappa shape index (κ2) is 4.63. The van der Waals surface area contributed by atoms with Gasteiger partial charge in [-0.3, -0.25) is 0 Å². The van der Waals surface area contributed by atoms with E-state index >= 15 is 0 Å². The summed E-state index contributed by atoms with van der Waals surface area (Å²) in [6, 6.07) is 5.33. The first-order valence-corrected chi connectivity index (χ1v) is 5.56. The molecule has 0 amide bonds. The molecule has 84 valence electrons. The molecule has 0 bridgehead atoms. The molecule has 0 heterocycles. The molecule has 1 fully saturated rings. The van der Waals surface area contributed by atoms with Crippen LogP contribution in [0.15, 0.2) is 12.1 Å². The fourth-order valence-corrected chi connectivity index (χ4v) is 1.79. The zero-order valence-corrected chi connectivity index (χ0v) is 9.75. The molecule has 2 rings (SSSR count). The Bertz CT molecular complexity index is 435. The molecule has 0 aromatic heterocycles. The van der Waals surface area contributed by atoms with E-state index < -0.39 is 0 Å². The Kier molecular flexibility index (Phi) is 3.21. The average Bonchev–Trinajstić information content (AvgIpc) is 2.23. The summed E-state index contributed by atoms with van der Waals surface area (Å²) < 4.78 is 10.9. The summed E-state index contributed by atoms with van der Waals surface area (Å²) >= 11 is 5.88. The normalized spacial score (nSPS) is 15.1. The van der Waals surface area contributed by atoms with Gasteiger partial charge in [-0.05, 0) is 25.3 Å². The first-order chi connectivity index (χ1) is 7.74. The van der Waals surface area contributed by atoms with Crippen LogP contribution in [-0.4, -0.2) is 13.2 Å². The third-order valence-corrected chi connectivity index (χ3v) is 2.91. The molecule has 0 unspecified atom stereocenters. The number of nitriles is 1. The Morgan fingerprint density at radius 3 is 2.69 bits per heavy atom. The minimum Gasteiger partial charge on any atom is -0.493 e. The van der Waals surface area contributed by atoms with Crippen LogP contribution in [-0.2, 0) is 0 Å². The van der Waals surface area contributed by atoms with Crippen LogP contribution in [0.1, 0.15) is 24.8 Å². The summed E-state index contributed by atoms with van der Waals surface area (Å²) in [5, 5.41) is 9.50. The van der Waals surface area contributed by atoms with Crippen molar-refractivity contribution in [2.24, 2.45) is 0 Å². The van der Waals surface area contributed by atoms with Crippen molar-refractivity contribution in [3.63, 3.8) is 0 Å².